The van der Waals surface area contributed by atoms with Gasteiger partial charge >= 0.3 is 0 Å². The van der Waals surface area contributed by atoms with Crippen molar-refractivity contribution in [3.63, 3.8) is 0 Å². The van der Waals surface area contributed by atoms with E-state index in [0.29, 0.717) is 27.0 Å². The number of benzene rings is 3. The predicted molar refractivity (Wildman–Crippen MR) is 82.5 cm³/mol. The molecule has 0 fully saturated rings. The minimum atomic E-state index is -0.0244. The summed E-state index contributed by atoms with van der Waals surface area (Å²) in [6.45, 7) is 0. The summed E-state index contributed by atoms with van der Waals surface area (Å²) in [6.07, 6.45) is 0. The van der Waals surface area contributed by atoms with E-state index in [4.69, 9.17) is 16.0 Å². The predicted octanol–water partition coefficient (Wildman–Crippen LogP) is 4.75. The fourth-order valence-electron chi connectivity index (χ4n) is 2.51. The van der Waals surface area contributed by atoms with Crippen molar-refractivity contribution in [3.05, 3.63) is 69.8 Å². The molecular formula is C17H9ClO2. The number of rotatable bonds is 0. The molecule has 20 heavy (non-hydrogen) atoms. The first-order valence-corrected chi connectivity index (χ1v) is 6.65. The van der Waals surface area contributed by atoms with Crippen molar-refractivity contribution in [1.82, 2.24) is 0 Å². The van der Waals surface area contributed by atoms with E-state index < -0.39 is 0 Å². The highest BCUT2D eigenvalue weighted by molar-refractivity contribution is 6.31. The van der Waals surface area contributed by atoms with Crippen LogP contribution >= 0.6 is 11.6 Å². The van der Waals surface area contributed by atoms with E-state index in [0.717, 1.165) is 10.8 Å². The maximum Gasteiger partial charge on any atom is 0.200 e. The first-order chi connectivity index (χ1) is 9.72. The van der Waals surface area contributed by atoms with Crippen LogP contribution in [0.2, 0.25) is 5.02 Å². The van der Waals surface area contributed by atoms with Crippen LogP contribution in [0.1, 0.15) is 0 Å². The Morgan fingerprint density at radius 3 is 2.30 bits per heavy atom. The van der Waals surface area contributed by atoms with Gasteiger partial charge in [0.25, 0.3) is 0 Å². The molecule has 96 valence electrons. The van der Waals surface area contributed by atoms with Gasteiger partial charge in [0.05, 0.1) is 10.8 Å². The molecule has 1 heterocycles. The van der Waals surface area contributed by atoms with Crippen LogP contribution < -0.4 is 5.43 Å². The third kappa shape index (κ3) is 1.62. The number of hydrogen-bond acceptors (Lipinski definition) is 2. The molecule has 0 spiro atoms. The maximum atomic E-state index is 12.5. The summed E-state index contributed by atoms with van der Waals surface area (Å²) < 4.78 is 5.83. The van der Waals surface area contributed by atoms with Gasteiger partial charge in [0.1, 0.15) is 11.2 Å². The number of halogens is 1. The van der Waals surface area contributed by atoms with Crippen LogP contribution in [0.15, 0.2) is 63.8 Å². The SMILES string of the molecule is O=c1c2ccc(Cl)cc2oc2cc3ccccc3cc12. The average molecular weight is 281 g/mol. The Balaban J connectivity index is 2.26. The van der Waals surface area contributed by atoms with Crippen molar-refractivity contribution in [1.29, 1.82) is 0 Å². The Kier molecular flexibility index (Phi) is 2.35. The minimum Gasteiger partial charge on any atom is -0.456 e. The van der Waals surface area contributed by atoms with E-state index in [1.54, 1.807) is 18.2 Å². The molecule has 0 aliphatic rings. The molecule has 0 amide bonds. The van der Waals surface area contributed by atoms with Gasteiger partial charge in [0.2, 0.25) is 5.43 Å². The van der Waals surface area contributed by atoms with Crippen LogP contribution in [-0.2, 0) is 0 Å². The summed E-state index contributed by atoms with van der Waals surface area (Å²) in [5.41, 5.74) is 1.08. The standard InChI is InChI=1S/C17H9ClO2/c18-12-5-6-13-16(9-12)20-15-8-11-4-2-1-3-10(11)7-14(15)17(13)19/h1-9H. The minimum absolute atomic E-state index is 0.0244. The quantitative estimate of drug-likeness (QED) is 0.435. The largest absolute Gasteiger partial charge is 0.456 e. The monoisotopic (exact) mass is 280 g/mol. The molecule has 0 N–H and O–H groups in total. The molecule has 0 saturated carbocycles. The zero-order chi connectivity index (χ0) is 13.7. The highest BCUT2D eigenvalue weighted by Gasteiger charge is 2.09. The van der Waals surface area contributed by atoms with Gasteiger partial charge in [0, 0.05) is 11.1 Å². The molecule has 4 aromatic rings. The molecule has 3 aromatic carbocycles. The smallest absolute Gasteiger partial charge is 0.200 e. The second-order valence-corrected chi connectivity index (χ2v) is 5.20. The van der Waals surface area contributed by atoms with Crippen LogP contribution in [0, 0.1) is 0 Å². The number of fused-ring (bicyclic) bond motifs is 3. The van der Waals surface area contributed by atoms with Crippen molar-refractivity contribution in [3.8, 4) is 0 Å². The second kappa shape index (κ2) is 4.09. The molecule has 0 aliphatic carbocycles. The van der Waals surface area contributed by atoms with Crippen molar-refractivity contribution < 1.29 is 4.42 Å². The van der Waals surface area contributed by atoms with E-state index in [9.17, 15) is 4.79 Å². The van der Waals surface area contributed by atoms with E-state index in [1.807, 2.05) is 36.4 Å². The molecule has 0 bridgehead atoms. The van der Waals surface area contributed by atoms with E-state index in [-0.39, 0.29) is 5.43 Å². The summed E-state index contributed by atoms with van der Waals surface area (Å²) in [5, 5.41) is 3.78. The van der Waals surface area contributed by atoms with Crippen molar-refractivity contribution in [2.24, 2.45) is 0 Å². The molecule has 0 atom stereocenters. The fraction of sp³-hybridized carbons (Fsp3) is 0. The summed E-state index contributed by atoms with van der Waals surface area (Å²) >= 11 is 5.96. The molecule has 3 heteroatoms. The molecule has 0 aliphatic heterocycles. The molecule has 1 aromatic heterocycles. The Bertz CT molecular complexity index is 1030. The molecule has 0 saturated heterocycles. The number of hydrogen-bond donors (Lipinski definition) is 0. The van der Waals surface area contributed by atoms with Crippen LogP contribution in [0.5, 0.6) is 0 Å². The van der Waals surface area contributed by atoms with Crippen molar-refractivity contribution in [2.75, 3.05) is 0 Å². The Hall–Kier alpha value is -2.32. The highest BCUT2D eigenvalue weighted by Crippen LogP contribution is 2.25. The third-order valence-corrected chi connectivity index (χ3v) is 3.74. The van der Waals surface area contributed by atoms with Gasteiger partial charge in [-0.1, -0.05) is 35.9 Å². The lowest BCUT2D eigenvalue weighted by molar-refractivity contribution is 0.660. The van der Waals surface area contributed by atoms with Crippen molar-refractivity contribution >= 4 is 44.3 Å². The van der Waals surface area contributed by atoms with Crippen LogP contribution in [0.25, 0.3) is 32.7 Å². The van der Waals surface area contributed by atoms with Gasteiger partial charge in [-0.05, 0) is 35.0 Å². The first-order valence-electron chi connectivity index (χ1n) is 6.27. The Morgan fingerprint density at radius 1 is 0.800 bits per heavy atom. The first kappa shape index (κ1) is 11.5. The second-order valence-electron chi connectivity index (χ2n) is 4.77. The normalized spacial score (nSPS) is 11.4. The lowest BCUT2D eigenvalue weighted by Crippen LogP contribution is -2.01. The maximum absolute atomic E-state index is 12.5. The molecule has 0 radical (unpaired) electrons. The fourth-order valence-corrected chi connectivity index (χ4v) is 2.68. The van der Waals surface area contributed by atoms with Crippen LogP contribution in [0.4, 0.5) is 0 Å². The Labute approximate surface area is 119 Å². The van der Waals surface area contributed by atoms with Gasteiger partial charge in [-0.3, -0.25) is 4.79 Å². The van der Waals surface area contributed by atoms with E-state index >= 15 is 0 Å². The van der Waals surface area contributed by atoms with E-state index in [1.165, 1.54) is 0 Å². The molecule has 0 unspecified atom stereocenters. The zero-order valence-corrected chi connectivity index (χ0v) is 11.1. The lowest BCUT2D eigenvalue weighted by atomic mass is 10.1. The lowest BCUT2D eigenvalue weighted by Gasteiger charge is -2.04. The average Bonchev–Trinajstić information content (AvgIpc) is 2.45. The van der Waals surface area contributed by atoms with Gasteiger partial charge < -0.3 is 4.42 Å². The Morgan fingerprint density at radius 2 is 1.50 bits per heavy atom. The third-order valence-electron chi connectivity index (χ3n) is 3.50. The highest BCUT2D eigenvalue weighted by atomic mass is 35.5. The molecular weight excluding hydrogens is 272 g/mol. The van der Waals surface area contributed by atoms with Crippen molar-refractivity contribution in [2.45, 2.75) is 0 Å². The molecule has 4 rings (SSSR count). The van der Waals surface area contributed by atoms with E-state index in [2.05, 4.69) is 0 Å². The zero-order valence-electron chi connectivity index (χ0n) is 10.4. The summed E-state index contributed by atoms with van der Waals surface area (Å²) in [5.74, 6) is 0. The van der Waals surface area contributed by atoms with Gasteiger partial charge in [-0.15, -0.1) is 0 Å². The molecule has 2 nitrogen and oxygen atoms in total. The van der Waals surface area contributed by atoms with Gasteiger partial charge in [-0.2, -0.15) is 0 Å². The van der Waals surface area contributed by atoms with Gasteiger partial charge in [0.15, 0.2) is 0 Å². The van der Waals surface area contributed by atoms with Crippen LogP contribution in [0.3, 0.4) is 0 Å². The summed E-state index contributed by atoms with van der Waals surface area (Å²) in [4.78, 5) is 12.5. The summed E-state index contributed by atoms with van der Waals surface area (Å²) in [7, 11) is 0. The topological polar surface area (TPSA) is 30.2 Å². The van der Waals surface area contributed by atoms with Crippen LogP contribution in [-0.4, -0.2) is 0 Å². The van der Waals surface area contributed by atoms with Gasteiger partial charge in [-0.25, -0.2) is 0 Å². The summed E-state index contributed by atoms with van der Waals surface area (Å²) in [6, 6.07) is 16.8.